The van der Waals surface area contributed by atoms with Crippen molar-refractivity contribution in [3.8, 4) is 0 Å². The molecule has 4 nitrogen and oxygen atoms in total. The molecule has 2 aromatic carbocycles. The Labute approximate surface area is 164 Å². The third kappa shape index (κ3) is 5.55. The van der Waals surface area contributed by atoms with Crippen LogP contribution in [-0.2, 0) is 4.79 Å². The molecule has 1 saturated heterocycles. The van der Waals surface area contributed by atoms with Crippen LogP contribution in [-0.4, -0.2) is 25.5 Å². The number of carbonyl (C=O) groups is 1. The molecule has 0 spiro atoms. The fraction of sp³-hybridized carbons (Fsp3) is 0.350. The highest BCUT2D eigenvalue weighted by Crippen LogP contribution is 2.23. The minimum Gasteiger partial charge on any atom is -0.385 e. The van der Waals surface area contributed by atoms with Gasteiger partial charge in [0.1, 0.15) is 0 Å². The fourth-order valence-corrected chi connectivity index (χ4v) is 3.64. The molecule has 2 aromatic rings. The second-order valence-corrected chi connectivity index (χ2v) is 7.35. The Bertz CT molecular complexity index is 723. The van der Waals surface area contributed by atoms with E-state index < -0.39 is 0 Å². The SMILES string of the molecule is O=C(CCNc1ccc(N2CCCCC2)cc1)Nc1cc(Cl)cc(Cl)c1. The average Bonchev–Trinajstić information content (AvgIpc) is 2.62. The number of rotatable bonds is 6. The lowest BCUT2D eigenvalue weighted by Crippen LogP contribution is -2.29. The van der Waals surface area contributed by atoms with Gasteiger partial charge < -0.3 is 15.5 Å². The maximum Gasteiger partial charge on any atom is 0.226 e. The third-order valence-corrected chi connectivity index (χ3v) is 4.85. The standard InChI is InChI=1S/C20H23Cl2N3O/c21-15-12-16(22)14-18(13-15)24-20(26)8-9-23-17-4-6-19(7-5-17)25-10-2-1-3-11-25/h4-7,12-14,23H,1-3,8-11H2,(H,24,26). The van der Waals surface area contributed by atoms with Crippen LogP contribution in [0.15, 0.2) is 42.5 Å². The van der Waals surface area contributed by atoms with Gasteiger partial charge in [-0.3, -0.25) is 4.79 Å². The molecule has 3 rings (SSSR count). The summed E-state index contributed by atoms with van der Waals surface area (Å²) in [6.07, 6.45) is 4.23. The van der Waals surface area contributed by atoms with Crippen molar-refractivity contribution in [3.63, 3.8) is 0 Å². The zero-order valence-electron chi connectivity index (χ0n) is 14.6. The smallest absolute Gasteiger partial charge is 0.226 e. The molecular weight excluding hydrogens is 369 g/mol. The van der Waals surface area contributed by atoms with Crippen LogP contribution in [0.1, 0.15) is 25.7 Å². The highest BCUT2D eigenvalue weighted by atomic mass is 35.5. The number of nitrogens with zero attached hydrogens (tertiary/aromatic N) is 1. The number of nitrogens with one attached hydrogen (secondary N) is 2. The summed E-state index contributed by atoms with van der Waals surface area (Å²) in [7, 11) is 0. The van der Waals surface area contributed by atoms with Crippen LogP contribution >= 0.6 is 23.2 Å². The molecule has 0 saturated carbocycles. The molecule has 6 heteroatoms. The molecular formula is C20H23Cl2N3O. The lowest BCUT2D eigenvalue weighted by Gasteiger charge is -2.28. The molecule has 138 valence electrons. The topological polar surface area (TPSA) is 44.4 Å². The van der Waals surface area contributed by atoms with Crippen molar-refractivity contribution < 1.29 is 4.79 Å². The first-order valence-corrected chi connectivity index (χ1v) is 9.70. The van der Waals surface area contributed by atoms with Gasteiger partial charge in [-0.1, -0.05) is 23.2 Å². The molecule has 0 aliphatic carbocycles. The predicted octanol–water partition coefficient (Wildman–Crippen LogP) is 5.42. The van der Waals surface area contributed by atoms with E-state index in [4.69, 9.17) is 23.2 Å². The van der Waals surface area contributed by atoms with Crippen molar-refractivity contribution >= 4 is 46.2 Å². The second kappa shape index (κ2) is 9.15. The van der Waals surface area contributed by atoms with Crippen LogP contribution in [0, 0.1) is 0 Å². The van der Waals surface area contributed by atoms with E-state index in [1.54, 1.807) is 18.2 Å². The van der Waals surface area contributed by atoms with Crippen molar-refractivity contribution in [2.45, 2.75) is 25.7 Å². The average molecular weight is 392 g/mol. The summed E-state index contributed by atoms with van der Waals surface area (Å²) in [6.45, 7) is 2.84. The Morgan fingerprint density at radius 1 is 0.923 bits per heavy atom. The van der Waals surface area contributed by atoms with Gasteiger partial charge in [0.2, 0.25) is 5.91 Å². The number of carbonyl (C=O) groups excluding carboxylic acids is 1. The molecule has 0 bridgehead atoms. The van der Waals surface area contributed by atoms with E-state index in [0.717, 1.165) is 18.8 Å². The molecule has 0 unspecified atom stereocenters. The lowest BCUT2D eigenvalue weighted by molar-refractivity contribution is -0.115. The van der Waals surface area contributed by atoms with Crippen molar-refractivity contribution in [2.75, 3.05) is 35.2 Å². The van der Waals surface area contributed by atoms with Crippen molar-refractivity contribution in [2.24, 2.45) is 0 Å². The van der Waals surface area contributed by atoms with Crippen LogP contribution in [0.25, 0.3) is 0 Å². The maximum absolute atomic E-state index is 12.0. The molecule has 0 atom stereocenters. The lowest BCUT2D eigenvalue weighted by atomic mass is 10.1. The molecule has 1 amide bonds. The summed E-state index contributed by atoms with van der Waals surface area (Å²) in [4.78, 5) is 14.5. The number of halogens is 2. The van der Waals surface area contributed by atoms with Crippen molar-refractivity contribution in [3.05, 3.63) is 52.5 Å². The van der Waals surface area contributed by atoms with Gasteiger partial charge in [-0.2, -0.15) is 0 Å². The van der Waals surface area contributed by atoms with Crippen LogP contribution in [0.4, 0.5) is 17.1 Å². The Balaban J connectivity index is 1.44. The second-order valence-electron chi connectivity index (χ2n) is 6.48. The Morgan fingerprint density at radius 2 is 1.58 bits per heavy atom. The maximum atomic E-state index is 12.0. The highest BCUT2D eigenvalue weighted by molar-refractivity contribution is 6.35. The van der Waals surface area contributed by atoms with Crippen LogP contribution in [0.3, 0.4) is 0 Å². The van der Waals surface area contributed by atoms with Gasteiger partial charge in [0, 0.05) is 53.2 Å². The van der Waals surface area contributed by atoms with E-state index in [1.807, 2.05) is 0 Å². The quantitative estimate of drug-likeness (QED) is 0.690. The van der Waals surface area contributed by atoms with Gasteiger partial charge >= 0.3 is 0 Å². The Hall–Kier alpha value is -1.91. The molecule has 1 aliphatic rings. The summed E-state index contributed by atoms with van der Waals surface area (Å²) < 4.78 is 0. The molecule has 0 radical (unpaired) electrons. The van der Waals surface area contributed by atoms with E-state index in [9.17, 15) is 4.79 Å². The highest BCUT2D eigenvalue weighted by Gasteiger charge is 2.10. The van der Waals surface area contributed by atoms with Crippen LogP contribution < -0.4 is 15.5 Å². The predicted molar refractivity (Wildman–Crippen MR) is 111 cm³/mol. The van der Waals surface area contributed by atoms with Crippen molar-refractivity contribution in [1.29, 1.82) is 0 Å². The third-order valence-electron chi connectivity index (χ3n) is 4.42. The number of anilines is 3. The Kier molecular flexibility index (Phi) is 6.64. The first-order valence-electron chi connectivity index (χ1n) is 8.95. The van der Waals surface area contributed by atoms with E-state index in [1.165, 1.54) is 24.9 Å². The molecule has 1 aliphatic heterocycles. The minimum absolute atomic E-state index is 0.0826. The Morgan fingerprint density at radius 3 is 2.23 bits per heavy atom. The van der Waals surface area contributed by atoms with E-state index in [0.29, 0.717) is 28.7 Å². The monoisotopic (exact) mass is 391 g/mol. The van der Waals surface area contributed by atoms with Crippen LogP contribution in [0.5, 0.6) is 0 Å². The van der Waals surface area contributed by atoms with Gasteiger partial charge in [-0.05, 0) is 61.7 Å². The number of amides is 1. The van der Waals surface area contributed by atoms with Crippen molar-refractivity contribution in [1.82, 2.24) is 0 Å². The van der Waals surface area contributed by atoms with E-state index in [2.05, 4.69) is 39.8 Å². The van der Waals surface area contributed by atoms with Gasteiger partial charge in [0.25, 0.3) is 0 Å². The summed E-state index contributed by atoms with van der Waals surface area (Å²) >= 11 is 11.9. The molecule has 2 N–H and O–H groups in total. The van der Waals surface area contributed by atoms with Gasteiger partial charge in [-0.25, -0.2) is 0 Å². The zero-order chi connectivity index (χ0) is 18.4. The van der Waals surface area contributed by atoms with E-state index >= 15 is 0 Å². The molecule has 1 fully saturated rings. The first-order chi connectivity index (χ1) is 12.6. The summed E-state index contributed by atoms with van der Waals surface area (Å²) in [5.41, 5.74) is 2.90. The van der Waals surface area contributed by atoms with Gasteiger partial charge in [0.05, 0.1) is 0 Å². The molecule has 0 aromatic heterocycles. The van der Waals surface area contributed by atoms with E-state index in [-0.39, 0.29) is 5.91 Å². The van der Waals surface area contributed by atoms with Gasteiger partial charge in [-0.15, -0.1) is 0 Å². The summed E-state index contributed by atoms with van der Waals surface area (Å²) in [5, 5.41) is 7.09. The van der Waals surface area contributed by atoms with Crippen LogP contribution in [0.2, 0.25) is 10.0 Å². The number of benzene rings is 2. The minimum atomic E-state index is -0.0826. The zero-order valence-corrected chi connectivity index (χ0v) is 16.1. The normalized spacial score (nSPS) is 14.2. The molecule has 26 heavy (non-hydrogen) atoms. The molecule has 1 heterocycles. The number of piperidine rings is 1. The summed E-state index contributed by atoms with van der Waals surface area (Å²) in [6, 6.07) is 13.4. The summed E-state index contributed by atoms with van der Waals surface area (Å²) in [5.74, 6) is -0.0826. The largest absolute Gasteiger partial charge is 0.385 e. The van der Waals surface area contributed by atoms with Gasteiger partial charge in [0.15, 0.2) is 0 Å². The number of hydrogen-bond donors (Lipinski definition) is 2. The number of hydrogen-bond acceptors (Lipinski definition) is 3. The first kappa shape index (κ1) is 18.9. The fourth-order valence-electron chi connectivity index (χ4n) is 3.11.